The van der Waals surface area contributed by atoms with Gasteiger partial charge >= 0.3 is 0 Å². The molecule has 1 aliphatic rings. The van der Waals surface area contributed by atoms with E-state index >= 15 is 0 Å². The fourth-order valence-electron chi connectivity index (χ4n) is 4.19. The van der Waals surface area contributed by atoms with Gasteiger partial charge in [0, 0.05) is 29.5 Å². The number of hydrogen-bond acceptors (Lipinski definition) is 3. The zero-order chi connectivity index (χ0) is 22.1. The molecule has 7 heteroatoms. The number of rotatable bonds is 5. The maximum Gasteiger partial charge on any atom is 0.256 e. The molecule has 0 fully saturated rings. The quantitative estimate of drug-likeness (QED) is 0.633. The van der Waals surface area contributed by atoms with Crippen molar-refractivity contribution in [1.29, 1.82) is 0 Å². The van der Waals surface area contributed by atoms with Gasteiger partial charge in [-0.3, -0.25) is 14.6 Å². The first-order chi connectivity index (χ1) is 14.9. The molecule has 1 aromatic heterocycles. The molecule has 0 saturated carbocycles. The van der Waals surface area contributed by atoms with Crippen LogP contribution in [0.15, 0.2) is 54.9 Å². The van der Waals surface area contributed by atoms with Crippen LogP contribution in [0.5, 0.6) is 0 Å². The number of nitrogens with two attached hydrogens (primary N) is 1. The molecule has 2 amide bonds. The number of fused-ring (bicyclic) bond motifs is 1. The fraction of sp³-hybridized carbons (Fsp3) is 0.208. The van der Waals surface area contributed by atoms with Gasteiger partial charge < -0.3 is 10.6 Å². The van der Waals surface area contributed by atoms with Crippen LogP contribution in [-0.4, -0.2) is 21.7 Å². The average Bonchev–Trinajstić information content (AvgIpc) is 3.16. The zero-order valence-corrected chi connectivity index (χ0v) is 17.7. The van der Waals surface area contributed by atoms with Gasteiger partial charge in [0.2, 0.25) is 5.91 Å². The molecule has 3 aromatic rings. The molecule has 158 valence electrons. The summed E-state index contributed by atoms with van der Waals surface area (Å²) < 4.78 is 14.5. The molecule has 1 atom stereocenters. The first kappa shape index (κ1) is 21.0. The van der Waals surface area contributed by atoms with Crippen LogP contribution in [0.25, 0.3) is 0 Å². The van der Waals surface area contributed by atoms with Crippen LogP contribution in [0.1, 0.15) is 55.4 Å². The lowest BCUT2D eigenvalue weighted by Gasteiger charge is -2.31. The normalized spacial score (nSPS) is 14.9. The van der Waals surface area contributed by atoms with Gasteiger partial charge in [-0.2, -0.15) is 0 Å². The minimum atomic E-state index is -0.568. The van der Waals surface area contributed by atoms with E-state index in [1.165, 1.54) is 12.3 Å². The zero-order valence-electron chi connectivity index (χ0n) is 16.9. The van der Waals surface area contributed by atoms with Crippen LogP contribution >= 0.6 is 11.6 Å². The Kier molecular flexibility index (Phi) is 5.74. The Bertz CT molecular complexity index is 1180. The standard InChI is InChI=1S/C24H21ClFN3O2/c1-14-8-9-28-12-20(14)24(31)29(13-15-4-2-3-5-17(15)23(27)30)22-7-6-18-19(22)10-16(25)11-21(18)26/h2-5,8-12,22H,6-7,13H2,1H3,(H2,27,30)/t22-/m1/s1. The number of hydrogen-bond donors (Lipinski definition) is 1. The van der Waals surface area contributed by atoms with Crippen molar-refractivity contribution >= 4 is 23.4 Å². The third-order valence-electron chi connectivity index (χ3n) is 5.75. The van der Waals surface area contributed by atoms with E-state index in [1.807, 2.05) is 6.92 Å². The third kappa shape index (κ3) is 4.03. The molecule has 2 N–H and O–H groups in total. The van der Waals surface area contributed by atoms with E-state index in [1.54, 1.807) is 47.5 Å². The molecule has 0 aliphatic heterocycles. The number of aryl methyl sites for hydroxylation is 1. The molecule has 5 nitrogen and oxygen atoms in total. The van der Waals surface area contributed by atoms with Gasteiger partial charge in [-0.1, -0.05) is 29.8 Å². The van der Waals surface area contributed by atoms with Crippen LogP contribution in [0.4, 0.5) is 4.39 Å². The van der Waals surface area contributed by atoms with Crippen LogP contribution in [0.3, 0.4) is 0 Å². The predicted octanol–water partition coefficient (Wildman–Crippen LogP) is 4.61. The number of halogens is 2. The number of nitrogens with zero attached hydrogens (tertiary/aromatic N) is 2. The van der Waals surface area contributed by atoms with E-state index in [4.69, 9.17) is 17.3 Å². The number of carbonyl (C=O) groups is 2. The molecular weight excluding hydrogens is 417 g/mol. The minimum absolute atomic E-state index is 0.143. The highest BCUT2D eigenvalue weighted by Crippen LogP contribution is 2.40. The monoisotopic (exact) mass is 437 g/mol. The Balaban J connectivity index is 1.81. The van der Waals surface area contributed by atoms with Crippen molar-refractivity contribution in [3.8, 4) is 0 Å². The fourth-order valence-corrected chi connectivity index (χ4v) is 4.41. The summed E-state index contributed by atoms with van der Waals surface area (Å²) in [6, 6.07) is 11.3. The van der Waals surface area contributed by atoms with Gasteiger partial charge in [0.25, 0.3) is 5.91 Å². The molecule has 0 saturated heterocycles. The summed E-state index contributed by atoms with van der Waals surface area (Å²) in [5.74, 6) is -1.18. The van der Waals surface area contributed by atoms with Crippen molar-refractivity contribution in [2.24, 2.45) is 5.73 Å². The van der Waals surface area contributed by atoms with Gasteiger partial charge in [0.05, 0.1) is 11.6 Å². The van der Waals surface area contributed by atoms with E-state index in [9.17, 15) is 14.0 Å². The van der Waals surface area contributed by atoms with Crippen molar-refractivity contribution in [3.63, 3.8) is 0 Å². The highest BCUT2D eigenvalue weighted by molar-refractivity contribution is 6.30. The Labute approximate surface area is 184 Å². The van der Waals surface area contributed by atoms with E-state index in [0.717, 1.165) is 5.56 Å². The van der Waals surface area contributed by atoms with Gasteiger partial charge in [-0.05, 0) is 66.3 Å². The third-order valence-corrected chi connectivity index (χ3v) is 5.97. The molecule has 2 aromatic carbocycles. The number of aromatic nitrogens is 1. The molecular formula is C24H21ClFN3O2. The van der Waals surface area contributed by atoms with Gasteiger partial charge in [-0.25, -0.2) is 4.39 Å². The Morgan fingerprint density at radius 1 is 1.23 bits per heavy atom. The molecule has 0 radical (unpaired) electrons. The average molecular weight is 438 g/mol. The van der Waals surface area contributed by atoms with E-state index < -0.39 is 11.9 Å². The van der Waals surface area contributed by atoms with Crippen LogP contribution < -0.4 is 5.73 Å². The lowest BCUT2D eigenvalue weighted by Crippen LogP contribution is -2.35. The van der Waals surface area contributed by atoms with E-state index in [-0.39, 0.29) is 23.3 Å². The first-order valence-electron chi connectivity index (χ1n) is 9.94. The van der Waals surface area contributed by atoms with E-state index in [0.29, 0.717) is 40.7 Å². The number of carbonyl (C=O) groups excluding carboxylic acids is 2. The summed E-state index contributed by atoms with van der Waals surface area (Å²) in [5.41, 5.74) is 9.02. The molecule has 1 heterocycles. The molecule has 0 bridgehead atoms. The largest absolute Gasteiger partial charge is 0.366 e. The SMILES string of the molecule is Cc1ccncc1C(=O)N(Cc1ccccc1C(N)=O)[C@@H]1CCc2c(F)cc(Cl)cc21. The lowest BCUT2D eigenvalue weighted by atomic mass is 10.0. The minimum Gasteiger partial charge on any atom is -0.366 e. The van der Waals surface area contributed by atoms with Crippen LogP contribution in [0.2, 0.25) is 5.02 Å². The Morgan fingerprint density at radius 2 is 2.00 bits per heavy atom. The summed E-state index contributed by atoms with van der Waals surface area (Å²) in [4.78, 5) is 31.4. The molecule has 31 heavy (non-hydrogen) atoms. The summed E-state index contributed by atoms with van der Waals surface area (Å²) in [7, 11) is 0. The van der Waals surface area contributed by atoms with Crippen molar-refractivity contribution in [1.82, 2.24) is 9.88 Å². The summed E-state index contributed by atoms with van der Waals surface area (Å²) in [5, 5.41) is 0.283. The highest BCUT2D eigenvalue weighted by Gasteiger charge is 2.34. The van der Waals surface area contributed by atoms with E-state index in [2.05, 4.69) is 4.98 Å². The van der Waals surface area contributed by atoms with Gasteiger partial charge in [0.15, 0.2) is 0 Å². The Morgan fingerprint density at radius 3 is 2.74 bits per heavy atom. The Hall–Kier alpha value is -3.25. The van der Waals surface area contributed by atoms with Gasteiger partial charge in [-0.15, -0.1) is 0 Å². The molecule has 1 aliphatic carbocycles. The number of pyridine rings is 1. The maximum absolute atomic E-state index is 14.5. The number of benzene rings is 2. The molecule has 0 unspecified atom stereocenters. The van der Waals surface area contributed by atoms with Gasteiger partial charge in [0.1, 0.15) is 5.82 Å². The number of amides is 2. The maximum atomic E-state index is 14.5. The predicted molar refractivity (Wildman–Crippen MR) is 116 cm³/mol. The second-order valence-electron chi connectivity index (χ2n) is 7.65. The van der Waals surface area contributed by atoms with Crippen molar-refractivity contribution in [2.45, 2.75) is 32.4 Å². The van der Waals surface area contributed by atoms with Crippen molar-refractivity contribution in [2.75, 3.05) is 0 Å². The van der Waals surface area contributed by atoms with Crippen molar-refractivity contribution < 1.29 is 14.0 Å². The molecule has 0 spiro atoms. The van der Waals surface area contributed by atoms with Crippen LogP contribution in [-0.2, 0) is 13.0 Å². The summed E-state index contributed by atoms with van der Waals surface area (Å²) in [6.07, 6.45) is 4.20. The topological polar surface area (TPSA) is 76.3 Å². The van der Waals surface area contributed by atoms with Crippen LogP contribution in [0, 0.1) is 12.7 Å². The summed E-state index contributed by atoms with van der Waals surface area (Å²) >= 11 is 6.13. The second kappa shape index (κ2) is 8.47. The number of primary amides is 1. The second-order valence-corrected chi connectivity index (χ2v) is 8.09. The first-order valence-corrected chi connectivity index (χ1v) is 10.3. The van der Waals surface area contributed by atoms with Crippen molar-refractivity contribution in [3.05, 3.63) is 99.1 Å². The summed E-state index contributed by atoms with van der Waals surface area (Å²) in [6.45, 7) is 1.98. The molecule has 4 rings (SSSR count). The lowest BCUT2D eigenvalue weighted by molar-refractivity contribution is 0.0655. The highest BCUT2D eigenvalue weighted by atomic mass is 35.5. The smallest absolute Gasteiger partial charge is 0.256 e.